The molecule has 1 atom stereocenters. The quantitative estimate of drug-likeness (QED) is 0.646. The maximum absolute atomic E-state index is 11.5. The highest BCUT2D eigenvalue weighted by molar-refractivity contribution is 5.83. The molecule has 0 aliphatic heterocycles. The highest BCUT2D eigenvalue weighted by Gasteiger charge is 2.40. The molecular weight excluding hydrogens is 184 g/mol. The van der Waals surface area contributed by atoms with Crippen LogP contribution in [0, 0.1) is 11.3 Å². The number of carbonyl (C=O) groups excluding carboxylic acids is 2. The molecule has 0 unspecified atom stereocenters. The van der Waals surface area contributed by atoms with Gasteiger partial charge in [-0.3, -0.25) is 9.59 Å². The number of ether oxygens (including phenoxy) is 2. The fraction of sp³-hybridized carbons (Fsp3) is 0.800. The Bertz CT molecular complexity index is 222. The summed E-state index contributed by atoms with van der Waals surface area (Å²) in [6, 6.07) is 0. The van der Waals surface area contributed by atoms with Crippen LogP contribution in [0.3, 0.4) is 0 Å². The third kappa shape index (κ3) is 2.72. The first-order valence-corrected chi connectivity index (χ1v) is 4.53. The van der Waals surface area contributed by atoms with Crippen LogP contribution in [-0.4, -0.2) is 26.2 Å². The molecular formula is C10H18O4. The van der Waals surface area contributed by atoms with Crippen molar-refractivity contribution in [1.82, 2.24) is 0 Å². The topological polar surface area (TPSA) is 52.6 Å². The van der Waals surface area contributed by atoms with Crippen molar-refractivity contribution < 1.29 is 19.1 Å². The van der Waals surface area contributed by atoms with E-state index in [1.165, 1.54) is 14.2 Å². The molecule has 0 aromatic carbocycles. The summed E-state index contributed by atoms with van der Waals surface area (Å²) in [7, 11) is 2.63. The van der Waals surface area contributed by atoms with Gasteiger partial charge in [-0.2, -0.15) is 0 Å². The Morgan fingerprint density at radius 1 is 1.21 bits per heavy atom. The summed E-state index contributed by atoms with van der Waals surface area (Å²) >= 11 is 0. The molecule has 14 heavy (non-hydrogen) atoms. The molecule has 0 aromatic rings. The van der Waals surface area contributed by atoms with Crippen LogP contribution in [0.5, 0.6) is 0 Å². The summed E-state index contributed by atoms with van der Waals surface area (Å²) in [5.41, 5.74) is -0.804. The zero-order valence-electron chi connectivity index (χ0n) is 9.42. The van der Waals surface area contributed by atoms with E-state index in [9.17, 15) is 9.59 Å². The molecule has 0 rings (SSSR count). The van der Waals surface area contributed by atoms with E-state index in [1.54, 1.807) is 6.92 Å². The number of carbonyl (C=O) groups is 2. The Hall–Kier alpha value is -1.06. The van der Waals surface area contributed by atoms with Gasteiger partial charge in [0.25, 0.3) is 0 Å². The van der Waals surface area contributed by atoms with Gasteiger partial charge in [0.1, 0.15) is 0 Å². The van der Waals surface area contributed by atoms with Crippen molar-refractivity contribution >= 4 is 11.9 Å². The van der Waals surface area contributed by atoms with Crippen LogP contribution in [0.4, 0.5) is 0 Å². The molecule has 0 aromatic heterocycles. The van der Waals surface area contributed by atoms with Crippen LogP contribution >= 0.6 is 0 Å². The van der Waals surface area contributed by atoms with Crippen molar-refractivity contribution in [3.8, 4) is 0 Å². The van der Waals surface area contributed by atoms with Gasteiger partial charge in [0, 0.05) is 0 Å². The summed E-state index contributed by atoms with van der Waals surface area (Å²) in [6.07, 6.45) is 0.0494. The zero-order chi connectivity index (χ0) is 11.4. The van der Waals surface area contributed by atoms with Crippen molar-refractivity contribution in [3.63, 3.8) is 0 Å². The Balaban J connectivity index is 4.73. The van der Waals surface area contributed by atoms with E-state index in [4.69, 9.17) is 0 Å². The summed E-state index contributed by atoms with van der Waals surface area (Å²) in [6.45, 7) is 5.46. The zero-order valence-corrected chi connectivity index (χ0v) is 9.42. The van der Waals surface area contributed by atoms with E-state index in [1.807, 2.05) is 13.8 Å². The molecule has 0 saturated heterocycles. The van der Waals surface area contributed by atoms with Gasteiger partial charge in [-0.25, -0.2) is 0 Å². The second-order valence-electron chi connectivity index (χ2n) is 3.82. The van der Waals surface area contributed by atoms with Crippen LogP contribution < -0.4 is 0 Å². The van der Waals surface area contributed by atoms with Gasteiger partial charge in [0.2, 0.25) is 0 Å². The molecule has 0 amide bonds. The van der Waals surface area contributed by atoms with Gasteiger partial charge in [-0.15, -0.1) is 0 Å². The maximum atomic E-state index is 11.5. The van der Waals surface area contributed by atoms with Gasteiger partial charge in [-0.05, 0) is 12.8 Å². The molecule has 0 aliphatic carbocycles. The first-order chi connectivity index (χ1) is 6.38. The molecule has 0 heterocycles. The molecule has 0 fully saturated rings. The van der Waals surface area contributed by atoms with Crippen molar-refractivity contribution in [3.05, 3.63) is 0 Å². The maximum Gasteiger partial charge on any atom is 0.312 e. The van der Waals surface area contributed by atoms with Gasteiger partial charge in [-0.1, -0.05) is 13.8 Å². The molecule has 4 heteroatoms. The lowest BCUT2D eigenvalue weighted by atomic mass is 9.76. The molecule has 0 N–H and O–H groups in total. The lowest BCUT2D eigenvalue weighted by Gasteiger charge is -2.29. The minimum Gasteiger partial charge on any atom is -0.469 e. The van der Waals surface area contributed by atoms with Gasteiger partial charge in [0.05, 0.1) is 26.1 Å². The predicted molar refractivity (Wildman–Crippen MR) is 51.6 cm³/mol. The standard InChI is InChI=1S/C10H18O4/c1-7(2)10(3,9(12)14-5)6-8(11)13-4/h7H,6H2,1-5H3/t10-/m0/s1. The van der Waals surface area contributed by atoms with E-state index < -0.39 is 11.4 Å². The molecule has 82 valence electrons. The van der Waals surface area contributed by atoms with Crippen LogP contribution in [0.25, 0.3) is 0 Å². The number of esters is 2. The van der Waals surface area contributed by atoms with E-state index in [0.717, 1.165) is 0 Å². The van der Waals surface area contributed by atoms with Crippen LogP contribution in [0.2, 0.25) is 0 Å². The summed E-state index contributed by atoms with van der Waals surface area (Å²) in [4.78, 5) is 22.6. The van der Waals surface area contributed by atoms with Gasteiger partial charge >= 0.3 is 11.9 Å². The molecule has 0 radical (unpaired) electrons. The molecule has 0 spiro atoms. The smallest absolute Gasteiger partial charge is 0.312 e. The lowest BCUT2D eigenvalue weighted by molar-refractivity contribution is -0.161. The monoisotopic (exact) mass is 202 g/mol. The third-order valence-corrected chi connectivity index (χ3v) is 2.67. The average Bonchev–Trinajstić information content (AvgIpc) is 2.15. The van der Waals surface area contributed by atoms with E-state index in [2.05, 4.69) is 9.47 Å². The van der Waals surface area contributed by atoms with E-state index in [0.29, 0.717) is 0 Å². The number of methoxy groups -OCH3 is 2. The second kappa shape index (κ2) is 4.98. The first-order valence-electron chi connectivity index (χ1n) is 4.53. The summed E-state index contributed by atoms with van der Waals surface area (Å²) in [5, 5.41) is 0. The fourth-order valence-electron chi connectivity index (χ4n) is 1.12. The summed E-state index contributed by atoms with van der Waals surface area (Å²) in [5.74, 6) is -0.751. The van der Waals surface area contributed by atoms with Gasteiger partial charge < -0.3 is 9.47 Å². The number of rotatable bonds is 4. The fourth-order valence-corrected chi connectivity index (χ4v) is 1.12. The Labute approximate surface area is 84.6 Å². The highest BCUT2D eigenvalue weighted by Crippen LogP contribution is 2.32. The Morgan fingerprint density at radius 2 is 1.71 bits per heavy atom. The normalized spacial score (nSPS) is 14.7. The van der Waals surface area contributed by atoms with E-state index >= 15 is 0 Å². The average molecular weight is 202 g/mol. The molecule has 0 saturated carbocycles. The summed E-state index contributed by atoms with van der Waals surface area (Å²) < 4.78 is 9.22. The molecule has 0 aliphatic rings. The predicted octanol–water partition coefficient (Wildman–Crippen LogP) is 1.38. The lowest BCUT2D eigenvalue weighted by Crippen LogP contribution is -2.36. The Morgan fingerprint density at radius 3 is 2.00 bits per heavy atom. The highest BCUT2D eigenvalue weighted by atomic mass is 16.5. The minimum absolute atomic E-state index is 0.0223. The minimum atomic E-state index is -0.804. The number of hydrogen-bond acceptors (Lipinski definition) is 4. The molecule has 0 bridgehead atoms. The second-order valence-corrected chi connectivity index (χ2v) is 3.82. The first kappa shape index (κ1) is 12.9. The van der Waals surface area contributed by atoms with Gasteiger partial charge in [0.15, 0.2) is 0 Å². The van der Waals surface area contributed by atoms with E-state index in [-0.39, 0.29) is 18.3 Å². The van der Waals surface area contributed by atoms with Crippen LogP contribution in [0.15, 0.2) is 0 Å². The van der Waals surface area contributed by atoms with Crippen molar-refractivity contribution in [1.29, 1.82) is 0 Å². The Kier molecular flexibility index (Phi) is 4.60. The number of hydrogen-bond donors (Lipinski definition) is 0. The third-order valence-electron chi connectivity index (χ3n) is 2.67. The van der Waals surface area contributed by atoms with Crippen LogP contribution in [0.1, 0.15) is 27.2 Å². The van der Waals surface area contributed by atoms with Crippen molar-refractivity contribution in [2.45, 2.75) is 27.2 Å². The van der Waals surface area contributed by atoms with Crippen molar-refractivity contribution in [2.24, 2.45) is 11.3 Å². The SMILES string of the molecule is COC(=O)C[C@](C)(C(=O)OC)C(C)C. The van der Waals surface area contributed by atoms with Crippen molar-refractivity contribution in [2.75, 3.05) is 14.2 Å². The molecule has 4 nitrogen and oxygen atoms in total. The van der Waals surface area contributed by atoms with Crippen LogP contribution in [-0.2, 0) is 19.1 Å². The largest absolute Gasteiger partial charge is 0.469 e.